The van der Waals surface area contributed by atoms with Crippen LogP contribution >= 0.6 is 0 Å². The maximum absolute atomic E-state index is 10.2. The SMILES string of the molecule is CNCCCO.O=C(O)c1ccccc1.O=C(O)c1ccccc1. The second kappa shape index (κ2) is 13.9. The number of carboxylic acid groups (broad SMARTS) is 2. The highest BCUT2D eigenvalue weighted by Crippen LogP contribution is 1.96. The van der Waals surface area contributed by atoms with Crippen molar-refractivity contribution >= 4 is 11.9 Å². The number of carbonyl (C=O) groups is 2. The van der Waals surface area contributed by atoms with Gasteiger partial charge in [-0.15, -0.1) is 0 Å². The number of benzene rings is 2. The Morgan fingerprint density at radius 1 is 0.833 bits per heavy atom. The van der Waals surface area contributed by atoms with Crippen LogP contribution < -0.4 is 5.32 Å². The van der Waals surface area contributed by atoms with E-state index < -0.39 is 11.9 Å². The third-order valence-electron chi connectivity index (χ3n) is 2.63. The number of hydrogen-bond donors (Lipinski definition) is 4. The monoisotopic (exact) mass is 333 g/mol. The van der Waals surface area contributed by atoms with Crippen molar-refractivity contribution in [3.63, 3.8) is 0 Å². The topological polar surface area (TPSA) is 107 Å². The number of carboxylic acids is 2. The molecule has 2 aromatic carbocycles. The average molecular weight is 333 g/mol. The zero-order chi connectivity index (χ0) is 18.2. The molecule has 0 aromatic heterocycles. The molecule has 24 heavy (non-hydrogen) atoms. The van der Waals surface area contributed by atoms with E-state index in [1.54, 1.807) is 60.7 Å². The van der Waals surface area contributed by atoms with Gasteiger partial charge in [-0.25, -0.2) is 9.59 Å². The largest absolute Gasteiger partial charge is 0.478 e. The molecule has 0 radical (unpaired) electrons. The minimum absolute atomic E-state index is 0.292. The van der Waals surface area contributed by atoms with Gasteiger partial charge in [-0.3, -0.25) is 0 Å². The normalized spacial score (nSPS) is 8.92. The predicted molar refractivity (Wildman–Crippen MR) is 92.4 cm³/mol. The van der Waals surface area contributed by atoms with Crippen LogP contribution in [0.15, 0.2) is 60.7 Å². The molecule has 4 N–H and O–H groups in total. The Morgan fingerprint density at radius 2 is 1.21 bits per heavy atom. The van der Waals surface area contributed by atoms with Crippen LogP contribution in [0.5, 0.6) is 0 Å². The first-order valence-corrected chi connectivity index (χ1v) is 7.35. The zero-order valence-electron chi connectivity index (χ0n) is 13.6. The Hall–Kier alpha value is -2.70. The van der Waals surface area contributed by atoms with E-state index in [0.29, 0.717) is 17.7 Å². The van der Waals surface area contributed by atoms with Crippen molar-refractivity contribution in [2.75, 3.05) is 20.2 Å². The van der Waals surface area contributed by atoms with Crippen LogP contribution in [0.25, 0.3) is 0 Å². The third-order valence-corrected chi connectivity index (χ3v) is 2.63. The molecule has 0 saturated heterocycles. The molecule has 0 aliphatic rings. The lowest BCUT2D eigenvalue weighted by Crippen LogP contribution is -2.08. The van der Waals surface area contributed by atoms with Crippen molar-refractivity contribution in [3.05, 3.63) is 71.8 Å². The fraction of sp³-hybridized carbons (Fsp3) is 0.222. The highest BCUT2D eigenvalue weighted by atomic mass is 16.4. The van der Waals surface area contributed by atoms with Gasteiger partial charge in [0.15, 0.2) is 0 Å². The Labute approximate surface area is 141 Å². The lowest BCUT2D eigenvalue weighted by molar-refractivity contribution is 0.0686. The number of rotatable bonds is 5. The number of aliphatic hydroxyl groups is 1. The summed E-state index contributed by atoms with van der Waals surface area (Å²) in [5.74, 6) is -1.76. The molecule has 0 amide bonds. The van der Waals surface area contributed by atoms with E-state index in [4.69, 9.17) is 15.3 Å². The van der Waals surface area contributed by atoms with Gasteiger partial charge in [-0.1, -0.05) is 36.4 Å². The van der Waals surface area contributed by atoms with Crippen molar-refractivity contribution < 1.29 is 24.9 Å². The summed E-state index contributed by atoms with van der Waals surface area (Å²) in [6, 6.07) is 16.6. The lowest BCUT2D eigenvalue weighted by Gasteiger charge is -1.89. The number of nitrogens with one attached hydrogen (secondary N) is 1. The van der Waals surface area contributed by atoms with Gasteiger partial charge >= 0.3 is 11.9 Å². The lowest BCUT2D eigenvalue weighted by atomic mass is 10.2. The molecule has 0 atom stereocenters. The molecule has 130 valence electrons. The summed E-state index contributed by atoms with van der Waals surface area (Å²) in [5.41, 5.74) is 0.662. The van der Waals surface area contributed by atoms with Gasteiger partial charge in [0.05, 0.1) is 11.1 Å². The molecule has 0 saturated carbocycles. The standard InChI is InChI=1S/2C7H6O2.C4H11NO/c2*8-7(9)6-4-2-1-3-5-6;1-5-3-2-4-6/h2*1-5H,(H,8,9);5-6H,2-4H2,1H3. The molecule has 0 bridgehead atoms. The fourth-order valence-corrected chi connectivity index (χ4v) is 1.42. The molecule has 0 aliphatic heterocycles. The van der Waals surface area contributed by atoms with Crippen molar-refractivity contribution in [2.45, 2.75) is 6.42 Å². The van der Waals surface area contributed by atoms with Crippen molar-refractivity contribution in [1.82, 2.24) is 5.32 Å². The van der Waals surface area contributed by atoms with Gasteiger partial charge in [0, 0.05) is 6.61 Å². The quantitative estimate of drug-likeness (QED) is 0.626. The maximum atomic E-state index is 10.2. The van der Waals surface area contributed by atoms with Gasteiger partial charge < -0.3 is 20.6 Å². The van der Waals surface area contributed by atoms with Crippen LogP contribution in [-0.2, 0) is 0 Å². The average Bonchev–Trinajstić information content (AvgIpc) is 2.62. The fourth-order valence-electron chi connectivity index (χ4n) is 1.42. The Bertz CT molecular complexity index is 519. The van der Waals surface area contributed by atoms with Crippen molar-refractivity contribution in [3.8, 4) is 0 Å². The van der Waals surface area contributed by atoms with Gasteiger partial charge in [0.25, 0.3) is 0 Å². The van der Waals surface area contributed by atoms with E-state index in [0.717, 1.165) is 13.0 Å². The first-order valence-electron chi connectivity index (χ1n) is 7.35. The summed E-state index contributed by atoms with van der Waals surface area (Å²) >= 11 is 0. The Balaban J connectivity index is 0.000000340. The molecule has 0 spiro atoms. The maximum Gasteiger partial charge on any atom is 0.335 e. The van der Waals surface area contributed by atoms with Crippen molar-refractivity contribution in [2.24, 2.45) is 0 Å². The highest BCUT2D eigenvalue weighted by Gasteiger charge is 1.97. The van der Waals surface area contributed by atoms with Crippen LogP contribution in [0.3, 0.4) is 0 Å². The van der Waals surface area contributed by atoms with E-state index >= 15 is 0 Å². The Kier molecular flexibility index (Phi) is 12.4. The summed E-state index contributed by atoms with van der Waals surface area (Å²) in [6.07, 6.45) is 0.858. The van der Waals surface area contributed by atoms with Crippen LogP contribution in [0, 0.1) is 0 Å². The van der Waals surface area contributed by atoms with Gasteiger partial charge in [-0.05, 0) is 44.3 Å². The second-order valence-corrected chi connectivity index (χ2v) is 4.52. The van der Waals surface area contributed by atoms with E-state index in [-0.39, 0.29) is 0 Å². The molecular weight excluding hydrogens is 310 g/mol. The van der Waals surface area contributed by atoms with Crippen LogP contribution in [0.2, 0.25) is 0 Å². The molecule has 2 rings (SSSR count). The number of hydrogen-bond acceptors (Lipinski definition) is 4. The Morgan fingerprint density at radius 3 is 1.38 bits per heavy atom. The smallest absolute Gasteiger partial charge is 0.335 e. The summed E-state index contributed by atoms with van der Waals surface area (Å²) in [5, 5.41) is 27.8. The number of aromatic carboxylic acids is 2. The van der Waals surface area contributed by atoms with Crippen LogP contribution in [-0.4, -0.2) is 47.5 Å². The first kappa shape index (κ1) is 21.3. The van der Waals surface area contributed by atoms with Crippen molar-refractivity contribution in [1.29, 1.82) is 0 Å². The summed E-state index contributed by atoms with van der Waals surface area (Å²) in [6.45, 7) is 1.21. The number of aliphatic hydroxyl groups excluding tert-OH is 1. The highest BCUT2D eigenvalue weighted by molar-refractivity contribution is 5.87. The second-order valence-electron chi connectivity index (χ2n) is 4.52. The molecule has 0 aliphatic carbocycles. The molecule has 0 fully saturated rings. The minimum Gasteiger partial charge on any atom is -0.478 e. The zero-order valence-corrected chi connectivity index (χ0v) is 13.6. The van der Waals surface area contributed by atoms with E-state index in [9.17, 15) is 9.59 Å². The molecule has 0 unspecified atom stereocenters. The van der Waals surface area contributed by atoms with Crippen LogP contribution in [0.1, 0.15) is 27.1 Å². The van der Waals surface area contributed by atoms with Gasteiger partial charge in [0.2, 0.25) is 0 Å². The van der Waals surface area contributed by atoms with E-state index in [1.807, 2.05) is 7.05 Å². The molecule has 6 heteroatoms. The minimum atomic E-state index is -0.879. The van der Waals surface area contributed by atoms with Gasteiger partial charge in [0.1, 0.15) is 0 Å². The van der Waals surface area contributed by atoms with E-state index in [2.05, 4.69) is 5.32 Å². The first-order chi connectivity index (χ1) is 11.5. The molecule has 6 nitrogen and oxygen atoms in total. The third kappa shape index (κ3) is 10.9. The summed E-state index contributed by atoms with van der Waals surface area (Å²) in [7, 11) is 1.87. The summed E-state index contributed by atoms with van der Waals surface area (Å²) < 4.78 is 0. The predicted octanol–water partition coefficient (Wildman–Crippen LogP) is 2.36. The van der Waals surface area contributed by atoms with Crippen LogP contribution in [0.4, 0.5) is 0 Å². The van der Waals surface area contributed by atoms with Gasteiger partial charge in [-0.2, -0.15) is 0 Å². The summed E-state index contributed by atoms with van der Waals surface area (Å²) in [4.78, 5) is 20.4. The molecular formula is C18H23NO5. The van der Waals surface area contributed by atoms with E-state index in [1.165, 1.54) is 0 Å². The molecule has 2 aromatic rings. The molecule has 0 heterocycles.